The zero-order chi connectivity index (χ0) is 25.7. The topological polar surface area (TPSA) is 57.0 Å². The smallest absolute Gasteiger partial charge is 0.180 e. The van der Waals surface area contributed by atoms with E-state index in [-0.39, 0.29) is 6.04 Å². The highest BCUT2D eigenvalue weighted by molar-refractivity contribution is 5.67. The van der Waals surface area contributed by atoms with Crippen molar-refractivity contribution in [3.63, 3.8) is 0 Å². The van der Waals surface area contributed by atoms with Crippen molar-refractivity contribution < 1.29 is 18.7 Å². The normalized spacial score (nSPS) is 15.8. The maximum Gasteiger partial charge on any atom is 0.180 e. The average Bonchev–Trinajstić information content (AvgIpc) is 3.21. The Labute approximate surface area is 214 Å². The molecule has 190 valence electrons. The predicted molar refractivity (Wildman–Crippen MR) is 142 cm³/mol. The fraction of sp³-hybridized carbons (Fsp3) is 0.367. The molecule has 0 aliphatic carbocycles. The molecule has 1 atom stereocenters. The van der Waals surface area contributed by atoms with Crippen molar-refractivity contribution in [2.75, 3.05) is 18.1 Å². The lowest BCUT2D eigenvalue weighted by Crippen LogP contribution is -2.38. The number of allylic oxidation sites excluding steroid dienone is 2. The van der Waals surface area contributed by atoms with Gasteiger partial charge in [-0.1, -0.05) is 47.6 Å². The Hall–Kier alpha value is -3.51. The Morgan fingerprint density at radius 3 is 2.39 bits per heavy atom. The van der Waals surface area contributed by atoms with Crippen LogP contribution in [0.3, 0.4) is 0 Å². The Balaban J connectivity index is 1.59. The van der Waals surface area contributed by atoms with Gasteiger partial charge in [0, 0.05) is 23.9 Å². The second-order valence-electron chi connectivity index (χ2n) is 8.96. The highest BCUT2D eigenvalue weighted by Gasteiger charge is 2.32. The summed E-state index contributed by atoms with van der Waals surface area (Å²) in [5, 5.41) is 4.30. The van der Waals surface area contributed by atoms with Crippen LogP contribution in [0.15, 0.2) is 76.3 Å². The van der Waals surface area contributed by atoms with Gasteiger partial charge < -0.3 is 23.6 Å². The number of anilines is 1. The van der Waals surface area contributed by atoms with E-state index in [1.165, 1.54) is 11.1 Å². The number of hydrogen-bond donors (Lipinski definition) is 0. The lowest BCUT2D eigenvalue weighted by Gasteiger charge is -2.35. The molecule has 0 N–H and O–H groups in total. The lowest BCUT2D eigenvalue weighted by molar-refractivity contribution is 0.133. The second kappa shape index (κ2) is 11.5. The Morgan fingerprint density at radius 2 is 1.72 bits per heavy atom. The summed E-state index contributed by atoms with van der Waals surface area (Å²) in [6.07, 6.45) is 2.02. The van der Waals surface area contributed by atoms with Crippen LogP contribution in [0.25, 0.3) is 11.1 Å². The zero-order valence-corrected chi connectivity index (χ0v) is 22.1. The summed E-state index contributed by atoms with van der Waals surface area (Å²) in [4.78, 5) is 2.14. The largest absolute Gasteiger partial charge is 0.492 e. The first-order chi connectivity index (χ1) is 17.4. The van der Waals surface area contributed by atoms with Crippen LogP contribution in [-0.2, 0) is 27.4 Å². The highest BCUT2D eigenvalue weighted by atomic mass is 16.5. The molecular weight excluding hydrogens is 452 g/mol. The maximum absolute atomic E-state index is 6.37. The summed E-state index contributed by atoms with van der Waals surface area (Å²) in [5.74, 6) is 3.16. The molecule has 36 heavy (non-hydrogen) atoms. The highest BCUT2D eigenvalue weighted by Crippen LogP contribution is 2.35. The minimum Gasteiger partial charge on any atom is -0.492 e. The number of nitrogens with zero attached hydrogens (tertiary/aromatic N) is 2. The number of aryl methyl sites for hydroxylation is 1. The molecule has 1 aromatic heterocycles. The molecule has 0 fully saturated rings. The van der Waals surface area contributed by atoms with Crippen molar-refractivity contribution in [3.05, 3.63) is 94.3 Å². The van der Waals surface area contributed by atoms with E-state index in [0.717, 1.165) is 45.5 Å². The molecular formula is C30H36N2O4. The van der Waals surface area contributed by atoms with E-state index in [0.29, 0.717) is 26.4 Å². The summed E-state index contributed by atoms with van der Waals surface area (Å²) in [6, 6.07) is 16.8. The first-order valence-corrected chi connectivity index (χ1v) is 12.6. The molecule has 6 heteroatoms. The van der Waals surface area contributed by atoms with E-state index < -0.39 is 0 Å². The molecule has 1 unspecified atom stereocenters. The summed E-state index contributed by atoms with van der Waals surface area (Å²) in [5.41, 5.74) is 6.63. The van der Waals surface area contributed by atoms with Gasteiger partial charge in [-0.15, -0.1) is 0 Å². The van der Waals surface area contributed by atoms with Crippen molar-refractivity contribution in [1.29, 1.82) is 0 Å². The van der Waals surface area contributed by atoms with Gasteiger partial charge >= 0.3 is 0 Å². The van der Waals surface area contributed by atoms with Crippen LogP contribution in [0.5, 0.6) is 0 Å². The van der Waals surface area contributed by atoms with Crippen molar-refractivity contribution in [2.45, 2.75) is 60.8 Å². The number of benzene rings is 2. The van der Waals surface area contributed by atoms with E-state index >= 15 is 0 Å². The molecule has 1 aliphatic rings. The predicted octanol–water partition coefficient (Wildman–Crippen LogP) is 7.07. The number of ether oxygens (including phenoxy) is 3. The first kappa shape index (κ1) is 25.6. The van der Waals surface area contributed by atoms with Gasteiger partial charge in [-0.2, -0.15) is 0 Å². The third-order valence-electron chi connectivity index (χ3n) is 6.50. The standard InChI is InChI=1S/C30H36N2O4/c1-7-33-19-26-17-24(14-15-27(26)25-12-10-9-11-13-25)18-35-28-16-20(3)32(22(5)29(28)34-8-2)30-21(4)23(6)36-31-30/h9-17,22H,7-8,18-19H2,1-6H3. The van der Waals surface area contributed by atoms with Gasteiger partial charge in [0.05, 0.1) is 19.3 Å². The number of rotatable bonds is 10. The van der Waals surface area contributed by atoms with Crippen LogP contribution in [0.4, 0.5) is 5.82 Å². The van der Waals surface area contributed by atoms with E-state index in [1.807, 2.05) is 39.8 Å². The van der Waals surface area contributed by atoms with Crippen LogP contribution in [0, 0.1) is 13.8 Å². The maximum atomic E-state index is 6.37. The van der Waals surface area contributed by atoms with Gasteiger partial charge in [-0.05, 0) is 69.9 Å². The molecule has 0 spiro atoms. The van der Waals surface area contributed by atoms with Crippen LogP contribution >= 0.6 is 0 Å². The van der Waals surface area contributed by atoms with Gasteiger partial charge in [0.15, 0.2) is 17.3 Å². The molecule has 0 saturated heterocycles. The number of hydrogen-bond acceptors (Lipinski definition) is 6. The Morgan fingerprint density at radius 1 is 0.944 bits per heavy atom. The molecule has 0 saturated carbocycles. The SMILES string of the molecule is CCOCc1cc(COC2=C(OCC)C(C)N(c3noc(C)c3C)C(C)=C2)ccc1-c1ccccc1. The lowest BCUT2D eigenvalue weighted by atomic mass is 9.98. The van der Waals surface area contributed by atoms with E-state index in [9.17, 15) is 0 Å². The van der Waals surface area contributed by atoms with Crippen molar-refractivity contribution >= 4 is 5.82 Å². The van der Waals surface area contributed by atoms with E-state index in [2.05, 4.69) is 66.4 Å². The Bertz CT molecular complexity index is 1240. The zero-order valence-electron chi connectivity index (χ0n) is 22.1. The summed E-state index contributed by atoms with van der Waals surface area (Å²) in [6.45, 7) is 14.3. The minimum absolute atomic E-state index is 0.0814. The number of aromatic nitrogens is 1. The first-order valence-electron chi connectivity index (χ1n) is 12.6. The molecule has 6 nitrogen and oxygen atoms in total. The van der Waals surface area contributed by atoms with E-state index in [1.54, 1.807) is 0 Å². The van der Waals surface area contributed by atoms with Gasteiger partial charge in [0.25, 0.3) is 0 Å². The quantitative estimate of drug-likeness (QED) is 0.304. The molecule has 0 radical (unpaired) electrons. The summed E-state index contributed by atoms with van der Waals surface area (Å²) in [7, 11) is 0. The molecule has 0 amide bonds. The van der Waals surface area contributed by atoms with Crippen LogP contribution in [-0.4, -0.2) is 24.4 Å². The Kier molecular flexibility index (Phi) is 8.16. The van der Waals surface area contributed by atoms with Gasteiger partial charge in [-0.3, -0.25) is 0 Å². The van der Waals surface area contributed by atoms with Crippen molar-refractivity contribution in [2.24, 2.45) is 0 Å². The molecule has 4 rings (SSSR count). The fourth-order valence-electron chi connectivity index (χ4n) is 4.53. The van der Waals surface area contributed by atoms with Gasteiger partial charge in [-0.25, -0.2) is 0 Å². The third kappa shape index (κ3) is 5.34. The van der Waals surface area contributed by atoms with Crippen LogP contribution < -0.4 is 4.90 Å². The monoisotopic (exact) mass is 488 g/mol. The second-order valence-corrected chi connectivity index (χ2v) is 8.96. The summed E-state index contributed by atoms with van der Waals surface area (Å²) >= 11 is 0. The van der Waals surface area contributed by atoms with Crippen LogP contribution in [0.1, 0.15) is 50.1 Å². The molecule has 3 aromatic rings. The minimum atomic E-state index is -0.0814. The molecule has 2 aromatic carbocycles. The molecule has 1 aliphatic heterocycles. The van der Waals surface area contributed by atoms with Crippen LogP contribution in [0.2, 0.25) is 0 Å². The molecule has 0 bridgehead atoms. The summed E-state index contributed by atoms with van der Waals surface area (Å²) < 4.78 is 23.7. The molecule has 2 heterocycles. The fourth-order valence-corrected chi connectivity index (χ4v) is 4.53. The van der Waals surface area contributed by atoms with E-state index in [4.69, 9.17) is 18.7 Å². The third-order valence-corrected chi connectivity index (χ3v) is 6.50. The van der Waals surface area contributed by atoms with Gasteiger partial charge in [0.2, 0.25) is 0 Å². The average molecular weight is 489 g/mol. The van der Waals surface area contributed by atoms with Crippen molar-refractivity contribution in [1.82, 2.24) is 5.16 Å². The van der Waals surface area contributed by atoms with Crippen molar-refractivity contribution in [3.8, 4) is 11.1 Å². The van der Waals surface area contributed by atoms with Gasteiger partial charge in [0.1, 0.15) is 12.4 Å².